The van der Waals surface area contributed by atoms with Crippen LogP contribution in [0.2, 0.25) is 0 Å². The molecule has 8 nitrogen and oxygen atoms in total. The maximum absolute atomic E-state index is 13.2. The molecular weight excluding hydrogens is 490 g/mol. The van der Waals surface area contributed by atoms with Crippen LogP contribution in [0, 0.1) is 0 Å². The van der Waals surface area contributed by atoms with E-state index in [2.05, 4.69) is 21.0 Å². The molecule has 0 fully saturated rings. The van der Waals surface area contributed by atoms with Gasteiger partial charge in [-0.15, -0.1) is 0 Å². The van der Waals surface area contributed by atoms with Gasteiger partial charge in [0.1, 0.15) is 5.82 Å². The Bertz CT molecular complexity index is 1250. The number of rotatable bonds is 8. The molecule has 2 aromatic carbocycles. The van der Waals surface area contributed by atoms with Crippen molar-refractivity contribution in [1.29, 1.82) is 0 Å². The summed E-state index contributed by atoms with van der Waals surface area (Å²) in [6.07, 6.45) is 1.58. The Balaban J connectivity index is 2.02. The van der Waals surface area contributed by atoms with Gasteiger partial charge in [-0.05, 0) is 55.3 Å². The van der Waals surface area contributed by atoms with E-state index in [0.29, 0.717) is 33.8 Å². The van der Waals surface area contributed by atoms with E-state index in [1.54, 1.807) is 37.4 Å². The molecular formula is C24H26BrN3O5. The third kappa shape index (κ3) is 5.42. The van der Waals surface area contributed by atoms with E-state index >= 15 is 0 Å². The molecule has 0 aliphatic carbocycles. The molecule has 0 radical (unpaired) electrons. The molecule has 1 aromatic heterocycles. The molecule has 0 bridgehead atoms. The fraction of sp³-hybridized carbons (Fsp3) is 0.333. The Morgan fingerprint density at radius 2 is 1.94 bits per heavy atom. The van der Waals surface area contributed by atoms with Crippen molar-refractivity contribution in [3.63, 3.8) is 0 Å². The standard InChI is InChI=1S/C24H26BrN3O5/c1-6-14(2)22-27-19-9-8-17(25)12-18(19)23(29)28(22)26-13-16-7-10-20(21(11-16)31-4)33-15(3)24(30)32-5/h7-15H,6H2,1-5H3/t14-,15+/m1/s1. The van der Waals surface area contributed by atoms with E-state index in [9.17, 15) is 9.59 Å². The van der Waals surface area contributed by atoms with Crippen LogP contribution in [0.3, 0.4) is 0 Å². The fourth-order valence-electron chi connectivity index (χ4n) is 3.17. The highest BCUT2D eigenvalue weighted by Gasteiger charge is 2.18. The van der Waals surface area contributed by atoms with Gasteiger partial charge in [0.15, 0.2) is 17.6 Å². The normalized spacial score (nSPS) is 13.2. The fourth-order valence-corrected chi connectivity index (χ4v) is 3.53. The summed E-state index contributed by atoms with van der Waals surface area (Å²) in [5.74, 6) is 0.947. The minimum absolute atomic E-state index is 0.0352. The van der Waals surface area contributed by atoms with Crippen molar-refractivity contribution in [2.45, 2.75) is 39.2 Å². The van der Waals surface area contributed by atoms with Crippen LogP contribution in [0.5, 0.6) is 11.5 Å². The SMILES string of the molecule is CC[C@@H](C)c1nc2ccc(Br)cc2c(=O)n1N=Cc1ccc(O[C@@H](C)C(=O)OC)c(OC)c1. The highest BCUT2D eigenvalue weighted by atomic mass is 79.9. The van der Waals surface area contributed by atoms with Gasteiger partial charge in [0.25, 0.3) is 5.56 Å². The molecule has 0 amide bonds. The summed E-state index contributed by atoms with van der Waals surface area (Å²) in [6, 6.07) is 10.6. The van der Waals surface area contributed by atoms with E-state index in [1.165, 1.54) is 18.9 Å². The number of aromatic nitrogens is 2. The van der Waals surface area contributed by atoms with E-state index in [1.807, 2.05) is 26.0 Å². The van der Waals surface area contributed by atoms with Crippen molar-refractivity contribution in [3.8, 4) is 11.5 Å². The van der Waals surface area contributed by atoms with Crippen LogP contribution in [0.4, 0.5) is 0 Å². The number of methoxy groups -OCH3 is 2. The lowest BCUT2D eigenvalue weighted by Gasteiger charge is -2.15. The molecule has 0 N–H and O–H groups in total. The molecule has 9 heteroatoms. The van der Waals surface area contributed by atoms with Crippen LogP contribution in [0.1, 0.15) is 44.5 Å². The second kappa shape index (κ2) is 10.6. The summed E-state index contributed by atoms with van der Waals surface area (Å²) >= 11 is 3.41. The molecule has 0 spiro atoms. The maximum Gasteiger partial charge on any atom is 0.346 e. The number of carbonyl (C=O) groups excluding carboxylic acids is 1. The Morgan fingerprint density at radius 3 is 2.61 bits per heavy atom. The van der Waals surface area contributed by atoms with Gasteiger partial charge in [0.05, 0.1) is 31.3 Å². The Labute approximate surface area is 200 Å². The lowest BCUT2D eigenvalue weighted by Crippen LogP contribution is -2.25. The lowest BCUT2D eigenvalue weighted by molar-refractivity contribution is -0.147. The third-order valence-electron chi connectivity index (χ3n) is 5.23. The van der Waals surface area contributed by atoms with Gasteiger partial charge in [0, 0.05) is 10.4 Å². The monoisotopic (exact) mass is 515 g/mol. The average Bonchev–Trinajstić information content (AvgIpc) is 2.83. The number of fused-ring (bicyclic) bond motifs is 1. The molecule has 0 aliphatic rings. The zero-order valence-corrected chi connectivity index (χ0v) is 20.8. The first kappa shape index (κ1) is 24.4. The predicted octanol–water partition coefficient (Wildman–Crippen LogP) is 4.50. The van der Waals surface area contributed by atoms with Crippen LogP contribution in [0.15, 0.2) is 50.8 Å². The quantitative estimate of drug-likeness (QED) is 0.323. The van der Waals surface area contributed by atoms with Gasteiger partial charge in [-0.1, -0.05) is 29.8 Å². The molecule has 3 aromatic rings. The van der Waals surface area contributed by atoms with Crippen molar-refractivity contribution < 1.29 is 19.0 Å². The van der Waals surface area contributed by atoms with Crippen LogP contribution in [-0.2, 0) is 9.53 Å². The number of esters is 1. The van der Waals surface area contributed by atoms with Crippen LogP contribution >= 0.6 is 15.9 Å². The molecule has 0 aliphatic heterocycles. The Kier molecular flexibility index (Phi) is 7.86. The van der Waals surface area contributed by atoms with E-state index in [-0.39, 0.29) is 11.5 Å². The van der Waals surface area contributed by atoms with E-state index < -0.39 is 12.1 Å². The predicted molar refractivity (Wildman–Crippen MR) is 131 cm³/mol. The molecule has 2 atom stereocenters. The van der Waals surface area contributed by atoms with Crippen molar-refractivity contribution in [2.75, 3.05) is 14.2 Å². The first-order valence-electron chi connectivity index (χ1n) is 10.5. The molecule has 174 valence electrons. The summed E-state index contributed by atoms with van der Waals surface area (Å²) in [5.41, 5.74) is 1.07. The van der Waals surface area contributed by atoms with Crippen molar-refractivity contribution in [2.24, 2.45) is 5.10 Å². The molecule has 33 heavy (non-hydrogen) atoms. The van der Waals surface area contributed by atoms with Gasteiger partial charge in [-0.3, -0.25) is 4.79 Å². The molecule has 3 rings (SSSR count). The van der Waals surface area contributed by atoms with Gasteiger partial charge in [0.2, 0.25) is 0 Å². The maximum atomic E-state index is 13.2. The first-order valence-corrected chi connectivity index (χ1v) is 11.3. The second-order valence-corrected chi connectivity index (χ2v) is 8.41. The van der Waals surface area contributed by atoms with E-state index in [0.717, 1.165) is 10.9 Å². The van der Waals surface area contributed by atoms with Crippen LogP contribution in [-0.4, -0.2) is 42.2 Å². The first-order chi connectivity index (χ1) is 15.8. The number of benzene rings is 2. The van der Waals surface area contributed by atoms with Gasteiger partial charge >= 0.3 is 5.97 Å². The van der Waals surface area contributed by atoms with Crippen molar-refractivity contribution in [3.05, 3.63) is 62.6 Å². The zero-order chi connectivity index (χ0) is 24.1. The highest BCUT2D eigenvalue weighted by molar-refractivity contribution is 9.10. The Morgan fingerprint density at radius 1 is 1.18 bits per heavy atom. The van der Waals surface area contributed by atoms with Crippen molar-refractivity contribution in [1.82, 2.24) is 9.66 Å². The molecule has 0 saturated carbocycles. The summed E-state index contributed by atoms with van der Waals surface area (Å²) in [7, 11) is 2.80. The second-order valence-electron chi connectivity index (χ2n) is 7.50. The number of nitrogens with zero attached hydrogens (tertiary/aromatic N) is 3. The summed E-state index contributed by atoms with van der Waals surface area (Å²) in [5, 5.41) is 4.94. The molecule has 1 heterocycles. The van der Waals surface area contributed by atoms with Gasteiger partial charge in [-0.2, -0.15) is 9.78 Å². The van der Waals surface area contributed by atoms with Gasteiger partial charge in [-0.25, -0.2) is 9.78 Å². The number of hydrogen-bond acceptors (Lipinski definition) is 7. The topological polar surface area (TPSA) is 92.0 Å². The van der Waals surface area contributed by atoms with E-state index in [4.69, 9.17) is 19.2 Å². The number of carbonyl (C=O) groups is 1. The third-order valence-corrected chi connectivity index (χ3v) is 5.73. The largest absolute Gasteiger partial charge is 0.493 e. The minimum Gasteiger partial charge on any atom is -0.493 e. The number of hydrogen-bond donors (Lipinski definition) is 0. The highest BCUT2D eigenvalue weighted by Crippen LogP contribution is 2.29. The minimum atomic E-state index is -0.789. The Hall–Kier alpha value is -3.20. The van der Waals surface area contributed by atoms with Gasteiger partial charge < -0.3 is 14.2 Å². The summed E-state index contributed by atoms with van der Waals surface area (Å²) in [4.78, 5) is 29.6. The number of halogens is 1. The van der Waals surface area contributed by atoms with Crippen LogP contribution < -0.4 is 15.0 Å². The van der Waals surface area contributed by atoms with Crippen LogP contribution in [0.25, 0.3) is 10.9 Å². The number of ether oxygens (including phenoxy) is 3. The van der Waals surface area contributed by atoms with Crippen molar-refractivity contribution >= 4 is 39.0 Å². The zero-order valence-electron chi connectivity index (χ0n) is 19.2. The lowest BCUT2D eigenvalue weighted by atomic mass is 10.1. The average molecular weight is 516 g/mol. The molecule has 0 unspecified atom stereocenters. The molecule has 0 saturated heterocycles. The summed E-state index contributed by atoms with van der Waals surface area (Å²) < 4.78 is 17.9. The summed E-state index contributed by atoms with van der Waals surface area (Å²) in [6.45, 7) is 5.64. The smallest absolute Gasteiger partial charge is 0.346 e.